The molecule has 0 saturated carbocycles. The smallest absolute Gasteiger partial charge is 0.224 e. The van der Waals surface area contributed by atoms with E-state index in [1.54, 1.807) is 20.0 Å². The number of hydrogen-bond donors (Lipinski definition) is 2. The normalized spacial score (nSPS) is 17.5. The summed E-state index contributed by atoms with van der Waals surface area (Å²) in [6.45, 7) is 5.84. The standard InChI is InChI=1S/C19H29FN4O.HI/c1-14-12-16(7-8-17(14)20)13-23-19(21-3)22-10-9-18(25)24-11-5-4-6-15(24)2;/h7-8,12,15H,4-6,9-11,13H2,1-3H3,(H2,21,22,23);1H. The van der Waals surface area contributed by atoms with Crippen molar-refractivity contribution in [3.8, 4) is 0 Å². The van der Waals surface area contributed by atoms with Crippen LogP contribution in [-0.2, 0) is 11.3 Å². The third-order valence-electron chi connectivity index (χ3n) is 4.66. The van der Waals surface area contributed by atoms with Gasteiger partial charge in [-0.2, -0.15) is 0 Å². The highest BCUT2D eigenvalue weighted by Crippen LogP contribution is 2.17. The molecular weight excluding hydrogens is 446 g/mol. The number of aryl methyl sites for hydroxylation is 1. The van der Waals surface area contributed by atoms with Crippen LogP contribution in [0.5, 0.6) is 0 Å². The molecule has 146 valence electrons. The van der Waals surface area contributed by atoms with E-state index in [-0.39, 0.29) is 35.7 Å². The van der Waals surface area contributed by atoms with Crippen molar-refractivity contribution in [2.45, 2.75) is 52.1 Å². The molecule has 2 N–H and O–H groups in total. The largest absolute Gasteiger partial charge is 0.356 e. The number of guanidine groups is 1. The van der Waals surface area contributed by atoms with Gasteiger partial charge in [0.25, 0.3) is 0 Å². The maximum Gasteiger partial charge on any atom is 0.224 e. The molecule has 1 saturated heterocycles. The molecule has 1 atom stereocenters. The van der Waals surface area contributed by atoms with E-state index in [1.165, 1.54) is 12.5 Å². The highest BCUT2D eigenvalue weighted by Gasteiger charge is 2.22. The number of aliphatic imine (C=N–C) groups is 1. The minimum atomic E-state index is -0.197. The summed E-state index contributed by atoms with van der Waals surface area (Å²) in [6.07, 6.45) is 3.87. The van der Waals surface area contributed by atoms with Crippen LogP contribution in [0.1, 0.15) is 43.7 Å². The zero-order valence-corrected chi connectivity index (χ0v) is 18.2. The van der Waals surface area contributed by atoms with Crippen LogP contribution in [0.2, 0.25) is 0 Å². The molecule has 5 nitrogen and oxygen atoms in total. The average Bonchev–Trinajstić information content (AvgIpc) is 2.61. The quantitative estimate of drug-likeness (QED) is 0.390. The van der Waals surface area contributed by atoms with Gasteiger partial charge in [-0.1, -0.05) is 12.1 Å². The Balaban J connectivity index is 0.00000338. The van der Waals surface area contributed by atoms with Gasteiger partial charge in [0.05, 0.1) is 0 Å². The van der Waals surface area contributed by atoms with Crippen molar-refractivity contribution in [2.24, 2.45) is 4.99 Å². The van der Waals surface area contributed by atoms with Crippen LogP contribution < -0.4 is 10.6 Å². The van der Waals surface area contributed by atoms with Crippen molar-refractivity contribution in [1.82, 2.24) is 15.5 Å². The summed E-state index contributed by atoms with van der Waals surface area (Å²) in [4.78, 5) is 18.5. The first-order valence-electron chi connectivity index (χ1n) is 9.00. The third kappa shape index (κ3) is 6.74. The second kappa shape index (κ2) is 11.4. The molecule has 0 aromatic heterocycles. The number of piperidine rings is 1. The lowest BCUT2D eigenvalue weighted by Gasteiger charge is -2.33. The van der Waals surface area contributed by atoms with Gasteiger partial charge >= 0.3 is 0 Å². The summed E-state index contributed by atoms with van der Waals surface area (Å²) in [5, 5.41) is 6.35. The Morgan fingerprint density at radius 2 is 2.12 bits per heavy atom. The van der Waals surface area contributed by atoms with Gasteiger partial charge < -0.3 is 15.5 Å². The van der Waals surface area contributed by atoms with E-state index in [2.05, 4.69) is 22.5 Å². The van der Waals surface area contributed by atoms with Gasteiger partial charge in [0, 0.05) is 39.1 Å². The molecule has 26 heavy (non-hydrogen) atoms. The molecule has 1 amide bonds. The second-order valence-corrected chi connectivity index (χ2v) is 6.62. The zero-order chi connectivity index (χ0) is 18.2. The maximum atomic E-state index is 13.3. The summed E-state index contributed by atoms with van der Waals surface area (Å²) in [7, 11) is 1.69. The molecule has 1 aliphatic rings. The lowest BCUT2D eigenvalue weighted by atomic mass is 10.0. The molecule has 0 spiro atoms. The molecule has 1 unspecified atom stereocenters. The summed E-state index contributed by atoms with van der Waals surface area (Å²) >= 11 is 0. The summed E-state index contributed by atoms with van der Waals surface area (Å²) < 4.78 is 13.3. The van der Waals surface area contributed by atoms with Crippen molar-refractivity contribution < 1.29 is 9.18 Å². The van der Waals surface area contributed by atoms with Crippen LogP contribution in [0.3, 0.4) is 0 Å². The van der Waals surface area contributed by atoms with Gasteiger partial charge in [-0.05, 0) is 50.3 Å². The van der Waals surface area contributed by atoms with Gasteiger partial charge in [-0.25, -0.2) is 4.39 Å². The Morgan fingerprint density at radius 1 is 1.35 bits per heavy atom. The lowest BCUT2D eigenvalue weighted by molar-refractivity contribution is -0.134. The molecule has 0 bridgehead atoms. The van der Waals surface area contributed by atoms with Crippen LogP contribution in [0.4, 0.5) is 4.39 Å². The minimum absolute atomic E-state index is 0. The highest BCUT2D eigenvalue weighted by molar-refractivity contribution is 14.0. The number of carbonyl (C=O) groups excluding carboxylic acids is 1. The first-order valence-corrected chi connectivity index (χ1v) is 9.00. The topological polar surface area (TPSA) is 56.7 Å². The third-order valence-corrected chi connectivity index (χ3v) is 4.66. The number of rotatable bonds is 5. The van der Waals surface area contributed by atoms with Crippen molar-refractivity contribution >= 4 is 35.8 Å². The Hall–Kier alpha value is -1.38. The molecular formula is C19H30FIN4O. The van der Waals surface area contributed by atoms with Crippen LogP contribution in [0.15, 0.2) is 23.2 Å². The minimum Gasteiger partial charge on any atom is -0.356 e. The number of benzene rings is 1. The van der Waals surface area contributed by atoms with E-state index in [9.17, 15) is 9.18 Å². The van der Waals surface area contributed by atoms with Crippen molar-refractivity contribution in [3.63, 3.8) is 0 Å². The average molecular weight is 476 g/mol. The van der Waals surface area contributed by atoms with Gasteiger partial charge in [-0.3, -0.25) is 9.79 Å². The Morgan fingerprint density at radius 3 is 2.77 bits per heavy atom. The van der Waals surface area contributed by atoms with E-state index in [4.69, 9.17) is 0 Å². The highest BCUT2D eigenvalue weighted by atomic mass is 127. The monoisotopic (exact) mass is 476 g/mol. The van der Waals surface area contributed by atoms with Crippen LogP contribution >= 0.6 is 24.0 Å². The van der Waals surface area contributed by atoms with E-state index in [1.807, 2.05) is 11.0 Å². The van der Waals surface area contributed by atoms with E-state index < -0.39 is 0 Å². The van der Waals surface area contributed by atoms with E-state index >= 15 is 0 Å². The fourth-order valence-electron chi connectivity index (χ4n) is 3.12. The Bertz CT molecular complexity index is 624. The molecule has 1 aromatic carbocycles. The molecule has 1 aliphatic heterocycles. The van der Waals surface area contributed by atoms with Crippen molar-refractivity contribution in [3.05, 3.63) is 35.1 Å². The lowest BCUT2D eigenvalue weighted by Crippen LogP contribution is -2.44. The number of hydrogen-bond acceptors (Lipinski definition) is 2. The first-order chi connectivity index (χ1) is 12.0. The first kappa shape index (κ1) is 22.7. The van der Waals surface area contributed by atoms with Gasteiger partial charge in [0.2, 0.25) is 5.91 Å². The molecule has 0 radical (unpaired) electrons. The van der Waals surface area contributed by atoms with Gasteiger partial charge in [-0.15, -0.1) is 24.0 Å². The van der Waals surface area contributed by atoms with Crippen LogP contribution in [0.25, 0.3) is 0 Å². The Labute approximate surface area is 172 Å². The summed E-state index contributed by atoms with van der Waals surface area (Å²) in [6, 6.07) is 5.39. The number of halogens is 2. The van der Waals surface area contributed by atoms with Crippen LogP contribution in [-0.4, -0.2) is 42.9 Å². The van der Waals surface area contributed by atoms with Crippen molar-refractivity contribution in [1.29, 1.82) is 0 Å². The Kier molecular flexibility index (Phi) is 9.90. The number of nitrogens with one attached hydrogen (secondary N) is 2. The predicted molar refractivity (Wildman–Crippen MR) is 114 cm³/mol. The van der Waals surface area contributed by atoms with Crippen LogP contribution in [0, 0.1) is 12.7 Å². The maximum absolute atomic E-state index is 13.3. The summed E-state index contributed by atoms with van der Waals surface area (Å²) in [5.41, 5.74) is 1.61. The van der Waals surface area contributed by atoms with E-state index in [0.29, 0.717) is 37.1 Å². The second-order valence-electron chi connectivity index (χ2n) is 6.62. The molecule has 7 heteroatoms. The number of amides is 1. The number of likely N-dealkylation sites (tertiary alicyclic amines) is 1. The van der Waals surface area contributed by atoms with Gasteiger partial charge in [0.1, 0.15) is 5.82 Å². The van der Waals surface area contributed by atoms with Crippen molar-refractivity contribution in [2.75, 3.05) is 20.1 Å². The fraction of sp³-hybridized carbons (Fsp3) is 0.579. The van der Waals surface area contributed by atoms with Gasteiger partial charge in [0.15, 0.2) is 5.96 Å². The van der Waals surface area contributed by atoms with E-state index in [0.717, 1.165) is 24.9 Å². The fourth-order valence-corrected chi connectivity index (χ4v) is 3.12. The SMILES string of the molecule is CN=C(NCCC(=O)N1CCCCC1C)NCc1ccc(F)c(C)c1.I. The number of nitrogens with zero attached hydrogens (tertiary/aromatic N) is 2. The molecule has 2 rings (SSSR count). The molecule has 1 aromatic rings. The number of carbonyl (C=O) groups is 1. The summed E-state index contributed by atoms with van der Waals surface area (Å²) in [5.74, 6) is 0.641. The molecule has 1 heterocycles. The predicted octanol–water partition coefficient (Wildman–Crippen LogP) is 3.21. The molecule has 1 fully saturated rings. The molecule has 0 aliphatic carbocycles. The zero-order valence-electron chi connectivity index (χ0n) is 15.8.